The Morgan fingerprint density at radius 2 is 1.83 bits per heavy atom. The lowest BCUT2D eigenvalue weighted by molar-refractivity contribution is -0.174. The molecular weight excluding hydrogens is 438 g/mol. The lowest BCUT2D eigenvalue weighted by Gasteiger charge is -2.24. The number of anilines is 1. The molecule has 0 fully saturated rings. The van der Waals surface area contributed by atoms with Crippen molar-refractivity contribution in [3.05, 3.63) is 64.4 Å². The number of para-hydroxylation sites is 1. The number of amides is 1. The zero-order valence-corrected chi connectivity index (χ0v) is 16.5. The summed E-state index contributed by atoms with van der Waals surface area (Å²) in [6.07, 6.45) is -4.09. The third-order valence-electron chi connectivity index (χ3n) is 3.70. The first-order chi connectivity index (χ1) is 13.4. The van der Waals surface area contributed by atoms with Gasteiger partial charge in [-0.2, -0.15) is 13.2 Å². The van der Waals surface area contributed by atoms with Crippen molar-refractivity contribution in [3.8, 4) is 0 Å². The minimum atomic E-state index is -5.05. The highest BCUT2D eigenvalue weighted by molar-refractivity contribution is 7.92. The van der Waals surface area contributed by atoms with Crippen LogP contribution in [0.15, 0.2) is 42.5 Å². The second-order valence-electron chi connectivity index (χ2n) is 5.95. The highest BCUT2D eigenvalue weighted by Gasteiger charge is 2.38. The minimum Gasteiger partial charge on any atom is -0.283 e. The number of carbonyl (C=O) groups is 1. The standard InChI is InChI=1S/C17H16ClF4N3O3S/c1-29(27,28)25(15-5-3-2-4-13(15)18)10-12-7-6-11(8-14(12)19)9-23-24-16(26)17(20,21)22/h2-8,23H,9-10H2,1H3,(H,24,26). The molecular formula is C17H16ClF4N3O3S. The Kier molecular flexibility index (Phi) is 7.09. The zero-order chi connectivity index (χ0) is 21.8. The molecule has 0 aliphatic rings. The van der Waals surface area contributed by atoms with Gasteiger partial charge in [-0.05, 0) is 23.8 Å². The number of rotatable bonds is 7. The second-order valence-corrected chi connectivity index (χ2v) is 8.27. The Balaban J connectivity index is 2.15. The van der Waals surface area contributed by atoms with E-state index in [2.05, 4.69) is 0 Å². The molecule has 0 spiro atoms. The predicted octanol–water partition coefficient (Wildman–Crippen LogP) is 3.13. The van der Waals surface area contributed by atoms with Crippen LogP contribution in [0.25, 0.3) is 0 Å². The quantitative estimate of drug-likeness (QED) is 0.499. The van der Waals surface area contributed by atoms with Crippen LogP contribution in [0.2, 0.25) is 5.02 Å². The van der Waals surface area contributed by atoms with Crippen LogP contribution in [0, 0.1) is 5.82 Å². The van der Waals surface area contributed by atoms with Crippen LogP contribution in [-0.4, -0.2) is 26.8 Å². The fourth-order valence-electron chi connectivity index (χ4n) is 2.32. The van der Waals surface area contributed by atoms with Gasteiger partial charge >= 0.3 is 12.1 Å². The first-order valence-corrected chi connectivity index (χ1v) is 10.2. The molecule has 2 aromatic rings. The van der Waals surface area contributed by atoms with Crippen LogP contribution in [0.3, 0.4) is 0 Å². The van der Waals surface area contributed by atoms with Gasteiger partial charge in [-0.25, -0.2) is 18.2 Å². The Morgan fingerprint density at radius 1 is 1.17 bits per heavy atom. The molecule has 0 saturated heterocycles. The van der Waals surface area contributed by atoms with Gasteiger partial charge in [0.25, 0.3) is 0 Å². The first kappa shape index (κ1) is 22.9. The zero-order valence-electron chi connectivity index (χ0n) is 14.9. The Labute approximate surface area is 169 Å². The predicted molar refractivity (Wildman–Crippen MR) is 99.9 cm³/mol. The van der Waals surface area contributed by atoms with Gasteiger partial charge in [0, 0.05) is 12.1 Å². The number of hydrogen-bond donors (Lipinski definition) is 2. The molecule has 0 radical (unpaired) electrons. The second kappa shape index (κ2) is 8.97. The van der Waals surface area contributed by atoms with Crippen LogP contribution in [-0.2, 0) is 27.9 Å². The molecule has 0 aliphatic carbocycles. The summed E-state index contributed by atoms with van der Waals surface area (Å²) < 4.78 is 76.0. The lowest BCUT2D eigenvalue weighted by Crippen LogP contribution is -2.44. The maximum Gasteiger partial charge on any atom is 0.472 e. The van der Waals surface area contributed by atoms with Crippen LogP contribution >= 0.6 is 11.6 Å². The molecule has 0 saturated carbocycles. The summed E-state index contributed by atoms with van der Waals surface area (Å²) in [6.45, 7) is -0.619. The number of benzene rings is 2. The molecule has 0 heterocycles. The van der Waals surface area contributed by atoms with Crippen LogP contribution in [0.4, 0.5) is 23.2 Å². The van der Waals surface area contributed by atoms with Gasteiger partial charge in [0.1, 0.15) is 5.82 Å². The van der Waals surface area contributed by atoms with E-state index in [1.807, 2.05) is 5.43 Å². The summed E-state index contributed by atoms with van der Waals surface area (Å²) in [6, 6.07) is 9.88. The molecule has 0 unspecified atom stereocenters. The summed E-state index contributed by atoms with van der Waals surface area (Å²) in [5.41, 5.74) is 3.93. The Hall–Kier alpha value is -2.37. The van der Waals surface area contributed by atoms with Gasteiger partial charge < -0.3 is 0 Å². The van der Waals surface area contributed by atoms with Crippen molar-refractivity contribution in [2.45, 2.75) is 19.3 Å². The van der Waals surface area contributed by atoms with E-state index in [-0.39, 0.29) is 34.9 Å². The third kappa shape index (κ3) is 6.31. The van der Waals surface area contributed by atoms with Crippen LogP contribution in [0.1, 0.15) is 11.1 Å². The maximum absolute atomic E-state index is 14.4. The summed E-state index contributed by atoms with van der Waals surface area (Å²) in [4.78, 5) is 10.7. The SMILES string of the molecule is CS(=O)(=O)N(Cc1ccc(CNNC(=O)C(F)(F)F)cc1F)c1ccccc1Cl. The molecule has 0 bridgehead atoms. The van der Waals surface area contributed by atoms with Crippen molar-refractivity contribution >= 4 is 33.2 Å². The number of hydrogen-bond acceptors (Lipinski definition) is 4. The van der Waals surface area contributed by atoms with E-state index in [1.165, 1.54) is 29.7 Å². The molecule has 0 aromatic heterocycles. The lowest BCUT2D eigenvalue weighted by atomic mass is 10.1. The average molecular weight is 454 g/mol. The summed E-state index contributed by atoms with van der Waals surface area (Å²) in [5.74, 6) is -2.95. The largest absolute Gasteiger partial charge is 0.472 e. The van der Waals surface area contributed by atoms with E-state index in [1.54, 1.807) is 12.1 Å². The average Bonchev–Trinajstić information content (AvgIpc) is 2.60. The van der Waals surface area contributed by atoms with Gasteiger partial charge in [-0.15, -0.1) is 0 Å². The van der Waals surface area contributed by atoms with Crippen LogP contribution < -0.4 is 15.2 Å². The summed E-state index contributed by atoms with van der Waals surface area (Å²) in [7, 11) is -3.79. The van der Waals surface area contributed by atoms with E-state index in [9.17, 15) is 30.8 Å². The van der Waals surface area contributed by atoms with Crippen molar-refractivity contribution in [2.75, 3.05) is 10.6 Å². The highest BCUT2D eigenvalue weighted by Crippen LogP contribution is 2.29. The topological polar surface area (TPSA) is 78.5 Å². The van der Waals surface area contributed by atoms with Crippen molar-refractivity contribution in [1.82, 2.24) is 10.9 Å². The number of hydrazine groups is 1. The molecule has 29 heavy (non-hydrogen) atoms. The Bertz CT molecular complexity index is 1000. The van der Waals surface area contributed by atoms with Gasteiger partial charge in [-0.1, -0.05) is 35.9 Å². The van der Waals surface area contributed by atoms with Gasteiger partial charge in [0.2, 0.25) is 10.0 Å². The first-order valence-electron chi connectivity index (χ1n) is 7.99. The van der Waals surface area contributed by atoms with Crippen molar-refractivity contribution < 1.29 is 30.8 Å². The van der Waals surface area contributed by atoms with E-state index < -0.39 is 27.9 Å². The summed E-state index contributed by atoms with van der Waals surface area (Å²) in [5, 5.41) is 0.166. The summed E-state index contributed by atoms with van der Waals surface area (Å²) >= 11 is 6.05. The van der Waals surface area contributed by atoms with E-state index in [0.717, 1.165) is 16.6 Å². The number of alkyl halides is 3. The van der Waals surface area contributed by atoms with E-state index >= 15 is 0 Å². The minimum absolute atomic E-state index is 0.0263. The fraction of sp³-hybridized carbons (Fsp3) is 0.235. The van der Waals surface area contributed by atoms with Gasteiger partial charge in [0.15, 0.2) is 0 Å². The maximum atomic E-state index is 14.4. The molecule has 2 rings (SSSR count). The molecule has 2 aromatic carbocycles. The van der Waals surface area contributed by atoms with E-state index in [4.69, 9.17) is 11.6 Å². The number of halogens is 5. The molecule has 0 aliphatic heterocycles. The number of carbonyl (C=O) groups excluding carboxylic acids is 1. The van der Waals surface area contributed by atoms with Crippen molar-refractivity contribution in [3.63, 3.8) is 0 Å². The van der Waals surface area contributed by atoms with Crippen molar-refractivity contribution in [2.24, 2.45) is 0 Å². The number of nitrogens with zero attached hydrogens (tertiary/aromatic N) is 1. The van der Waals surface area contributed by atoms with E-state index in [0.29, 0.717) is 0 Å². The smallest absolute Gasteiger partial charge is 0.283 e. The van der Waals surface area contributed by atoms with Crippen LogP contribution in [0.5, 0.6) is 0 Å². The molecule has 12 heteroatoms. The molecule has 158 valence electrons. The van der Waals surface area contributed by atoms with Gasteiger partial charge in [0.05, 0.1) is 23.5 Å². The molecule has 1 amide bonds. The normalized spacial score (nSPS) is 11.9. The van der Waals surface area contributed by atoms with Gasteiger partial charge in [-0.3, -0.25) is 14.5 Å². The monoisotopic (exact) mass is 453 g/mol. The third-order valence-corrected chi connectivity index (χ3v) is 5.15. The number of sulfonamides is 1. The Morgan fingerprint density at radius 3 is 2.38 bits per heavy atom. The molecule has 0 atom stereocenters. The highest BCUT2D eigenvalue weighted by atomic mass is 35.5. The fourth-order valence-corrected chi connectivity index (χ4v) is 3.49. The number of nitrogens with one attached hydrogen (secondary N) is 2. The molecule has 6 nitrogen and oxygen atoms in total. The van der Waals surface area contributed by atoms with Crippen molar-refractivity contribution in [1.29, 1.82) is 0 Å². The molecule has 2 N–H and O–H groups in total.